The van der Waals surface area contributed by atoms with E-state index in [2.05, 4.69) is 15.2 Å². The molecule has 0 spiro atoms. The van der Waals surface area contributed by atoms with Gasteiger partial charge in [0.1, 0.15) is 5.69 Å². The van der Waals surface area contributed by atoms with E-state index in [0.717, 1.165) is 11.4 Å². The summed E-state index contributed by atoms with van der Waals surface area (Å²) in [4.78, 5) is 4.17. The Balaban J connectivity index is 2.38. The Kier molecular flexibility index (Phi) is 2.86. The van der Waals surface area contributed by atoms with E-state index in [1.807, 2.05) is 25.1 Å². The fourth-order valence-electron chi connectivity index (χ4n) is 1.17. The Morgan fingerprint density at radius 1 is 1.40 bits per heavy atom. The van der Waals surface area contributed by atoms with Crippen molar-refractivity contribution in [3.63, 3.8) is 0 Å². The molecule has 5 nitrogen and oxygen atoms in total. The maximum Gasteiger partial charge on any atom is 0.210 e. The summed E-state index contributed by atoms with van der Waals surface area (Å²) in [6, 6.07) is 5.60. The van der Waals surface area contributed by atoms with Gasteiger partial charge in [0.25, 0.3) is 0 Å². The molecule has 6 heteroatoms. The number of nitrogens with two attached hydrogens (primary N) is 1. The molecule has 0 aliphatic heterocycles. The van der Waals surface area contributed by atoms with Gasteiger partial charge >= 0.3 is 0 Å². The minimum absolute atomic E-state index is 0.589. The number of nitrogens with zero attached hydrogens (tertiary/aromatic N) is 4. The number of thioether (sulfide) groups is 1. The number of nitrogen functional groups attached to an aromatic ring is 1. The summed E-state index contributed by atoms with van der Waals surface area (Å²) in [6.45, 7) is 2.04. The third kappa shape index (κ3) is 1.94. The first-order valence-corrected chi connectivity index (χ1v) is 5.56. The van der Waals surface area contributed by atoms with Crippen molar-refractivity contribution in [2.75, 3.05) is 11.6 Å². The van der Waals surface area contributed by atoms with Crippen LogP contribution in [-0.4, -0.2) is 25.6 Å². The second kappa shape index (κ2) is 4.31. The Bertz CT molecular complexity index is 439. The van der Waals surface area contributed by atoms with E-state index in [1.54, 1.807) is 18.0 Å². The Morgan fingerprint density at radius 2 is 2.27 bits per heavy atom. The van der Waals surface area contributed by atoms with Crippen LogP contribution in [0.25, 0.3) is 11.5 Å². The molecule has 15 heavy (non-hydrogen) atoms. The number of hydrogen-bond acceptors (Lipinski definition) is 5. The third-order valence-corrected chi connectivity index (χ3v) is 2.66. The van der Waals surface area contributed by atoms with Gasteiger partial charge in [0, 0.05) is 6.20 Å². The van der Waals surface area contributed by atoms with Crippen LogP contribution in [0.2, 0.25) is 0 Å². The zero-order valence-electron chi connectivity index (χ0n) is 8.29. The molecular weight excluding hydrogens is 210 g/mol. The Hall–Kier alpha value is -1.56. The summed E-state index contributed by atoms with van der Waals surface area (Å²) in [5.41, 5.74) is 0.732. The molecule has 0 bridgehead atoms. The van der Waals surface area contributed by atoms with E-state index in [-0.39, 0.29) is 0 Å². The SMILES string of the molecule is CCSc1nnc(-c2ccccn2)n1N. The van der Waals surface area contributed by atoms with Gasteiger partial charge < -0.3 is 5.84 Å². The molecule has 0 saturated heterocycles. The second-order valence-corrected chi connectivity index (χ2v) is 4.06. The highest BCUT2D eigenvalue weighted by molar-refractivity contribution is 7.99. The Labute approximate surface area is 91.7 Å². The van der Waals surface area contributed by atoms with Crippen molar-refractivity contribution < 1.29 is 0 Å². The van der Waals surface area contributed by atoms with Crippen LogP contribution in [0.15, 0.2) is 29.6 Å². The zero-order valence-corrected chi connectivity index (χ0v) is 9.11. The van der Waals surface area contributed by atoms with Crippen molar-refractivity contribution in [3.8, 4) is 11.5 Å². The summed E-state index contributed by atoms with van der Waals surface area (Å²) in [5, 5.41) is 8.71. The lowest BCUT2D eigenvalue weighted by Crippen LogP contribution is -2.11. The van der Waals surface area contributed by atoms with Gasteiger partial charge in [-0.3, -0.25) is 4.98 Å². The standard InChI is InChI=1S/C9H11N5S/c1-2-15-9-13-12-8(14(9)10)7-5-3-4-6-11-7/h3-6H,2,10H2,1H3. The van der Waals surface area contributed by atoms with E-state index in [4.69, 9.17) is 5.84 Å². The van der Waals surface area contributed by atoms with Gasteiger partial charge in [0.2, 0.25) is 11.0 Å². The molecule has 2 N–H and O–H groups in total. The molecule has 0 radical (unpaired) electrons. The van der Waals surface area contributed by atoms with Gasteiger partial charge in [0.15, 0.2) is 0 Å². The number of aromatic nitrogens is 4. The molecule has 2 aromatic heterocycles. The molecule has 78 valence electrons. The van der Waals surface area contributed by atoms with Crippen molar-refractivity contribution in [1.29, 1.82) is 0 Å². The van der Waals surface area contributed by atoms with Crippen LogP contribution in [0.4, 0.5) is 0 Å². The summed E-state index contributed by atoms with van der Waals surface area (Å²) < 4.78 is 1.47. The molecule has 2 heterocycles. The first-order chi connectivity index (χ1) is 7.33. The molecule has 0 aromatic carbocycles. The van der Waals surface area contributed by atoms with Crippen LogP contribution >= 0.6 is 11.8 Å². The molecule has 0 aliphatic rings. The third-order valence-electron chi connectivity index (χ3n) is 1.83. The normalized spacial score (nSPS) is 10.5. The maximum atomic E-state index is 5.85. The van der Waals surface area contributed by atoms with Crippen LogP contribution in [-0.2, 0) is 0 Å². The summed E-state index contributed by atoms with van der Waals surface area (Å²) >= 11 is 1.55. The topological polar surface area (TPSA) is 69.6 Å². The maximum absolute atomic E-state index is 5.85. The van der Waals surface area contributed by atoms with Crippen LogP contribution in [0, 0.1) is 0 Å². The first kappa shape index (κ1) is 9.97. The van der Waals surface area contributed by atoms with Gasteiger partial charge in [-0.15, -0.1) is 10.2 Å². The predicted molar refractivity (Wildman–Crippen MR) is 59.8 cm³/mol. The number of hydrogen-bond donors (Lipinski definition) is 1. The van der Waals surface area contributed by atoms with Gasteiger partial charge in [0.05, 0.1) is 0 Å². The molecule has 0 atom stereocenters. The fourth-order valence-corrected chi connectivity index (χ4v) is 1.76. The summed E-state index contributed by atoms with van der Waals surface area (Å²) in [6.07, 6.45) is 1.71. The molecule has 0 saturated carbocycles. The van der Waals surface area contributed by atoms with Gasteiger partial charge in [-0.1, -0.05) is 24.8 Å². The molecule has 2 aromatic rings. The molecule has 0 fully saturated rings. The molecule has 0 amide bonds. The average Bonchev–Trinajstić information content (AvgIpc) is 2.63. The first-order valence-electron chi connectivity index (χ1n) is 4.57. The van der Waals surface area contributed by atoms with Crippen molar-refractivity contribution in [2.24, 2.45) is 0 Å². The quantitative estimate of drug-likeness (QED) is 0.622. The molecular formula is C9H11N5S. The Morgan fingerprint density at radius 3 is 2.93 bits per heavy atom. The van der Waals surface area contributed by atoms with Crippen LogP contribution in [0.3, 0.4) is 0 Å². The van der Waals surface area contributed by atoms with Gasteiger partial charge in [-0.05, 0) is 17.9 Å². The molecule has 0 aliphatic carbocycles. The van der Waals surface area contributed by atoms with E-state index >= 15 is 0 Å². The van der Waals surface area contributed by atoms with Crippen molar-refractivity contribution >= 4 is 11.8 Å². The number of rotatable bonds is 3. The molecule has 0 unspecified atom stereocenters. The van der Waals surface area contributed by atoms with E-state index < -0.39 is 0 Å². The second-order valence-electron chi connectivity index (χ2n) is 2.82. The van der Waals surface area contributed by atoms with E-state index in [1.165, 1.54) is 4.68 Å². The van der Waals surface area contributed by atoms with Crippen LogP contribution < -0.4 is 5.84 Å². The predicted octanol–water partition coefficient (Wildman–Crippen LogP) is 1.17. The van der Waals surface area contributed by atoms with Crippen molar-refractivity contribution in [1.82, 2.24) is 19.9 Å². The van der Waals surface area contributed by atoms with Crippen LogP contribution in [0.5, 0.6) is 0 Å². The highest BCUT2D eigenvalue weighted by Gasteiger charge is 2.11. The largest absolute Gasteiger partial charge is 0.335 e. The fraction of sp³-hybridized carbons (Fsp3) is 0.222. The average molecular weight is 221 g/mol. The molecule has 2 rings (SSSR count). The minimum Gasteiger partial charge on any atom is -0.335 e. The highest BCUT2D eigenvalue weighted by atomic mass is 32.2. The van der Waals surface area contributed by atoms with Gasteiger partial charge in [-0.2, -0.15) is 0 Å². The van der Waals surface area contributed by atoms with Crippen LogP contribution in [0.1, 0.15) is 6.92 Å². The smallest absolute Gasteiger partial charge is 0.210 e. The lowest BCUT2D eigenvalue weighted by atomic mass is 10.3. The lowest BCUT2D eigenvalue weighted by Gasteiger charge is -2.01. The van der Waals surface area contributed by atoms with Gasteiger partial charge in [-0.25, -0.2) is 4.68 Å². The monoisotopic (exact) mass is 221 g/mol. The number of pyridine rings is 1. The lowest BCUT2D eigenvalue weighted by molar-refractivity contribution is 0.849. The minimum atomic E-state index is 0.589. The van der Waals surface area contributed by atoms with Crippen molar-refractivity contribution in [2.45, 2.75) is 12.1 Å². The van der Waals surface area contributed by atoms with E-state index in [0.29, 0.717) is 11.0 Å². The van der Waals surface area contributed by atoms with Crippen molar-refractivity contribution in [3.05, 3.63) is 24.4 Å². The highest BCUT2D eigenvalue weighted by Crippen LogP contribution is 2.18. The zero-order chi connectivity index (χ0) is 10.7. The summed E-state index contributed by atoms with van der Waals surface area (Å²) in [7, 11) is 0. The van der Waals surface area contributed by atoms with E-state index in [9.17, 15) is 0 Å². The summed E-state index contributed by atoms with van der Waals surface area (Å²) in [5.74, 6) is 7.36.